The Labute approximate surface area is 274 Å². The van der Waals surface area contributed by atoms with Crippen molar-refractivity contribution >= 4 is 38.1 Å². The van der Waals surface area contributed by atoms with Crippen LogP contribution in [0.1, 0.15) is 60.5 Å². The van der Waals surface area contributed by atoms with Gasteiger partial charge in [0.15, 0.2) is 23.6 Å². The number of ether oxygens (including phenoxy) is 4. The van der Waals surface area contributed by atoms with E-state index in [0.717, 1.165) is 0 Å². The third-order valence-electron chi connectivity index (χ3n) is 7.25. The number of rotatable bonds is 16. The highest BCUT2D eigenvalue weighted by Gasteiger charge is 2.56. The molecular formula is C28H47FN6O10P2. The van der Waals surface area contributed by atoms with E-state index < -0.39 is 76.2 Å². The van der Waals surface area contributed by atoms with Gasteiger partial charge in [-0.15, -0.1) is 0 Å². The van der Waals surface area contributed by atoms with E-state index in [2.05, 4.69) is 25.1 Å². The predicted molar refractivity (Wildman–Crippen MR) is 170 cm³/mol. The Hall–Kier alpha value is -2.52. The van der Waals surface area contributed by atoms with E-state index in [9.17, 15) is 18.7 Å². The average molecular weight is 709 g/mol. The van der Waals surface area contributed by atoms with Gasteiger partial charge in [-0.1, -0.05) is 6.92 Å². The fourth-order valence-corrected chi connectivity index (χ4v) is 7.56. The van der Waals surface area contributed by atoms with Crippen LogP contribution in [0.25, 0.3) is 11.2 Å². The third-order valence-corrected chi connectivity index (χ3v) is 10.2. The zero-order valence-electron chi connectivity index (χ0n) is 28.7. The minimum atomic E-state index is -3.71. The Morgan fingerprint density at radius 2 is 1.53 bits per heavy atom. The van der Waals surface area contributed by atoms with Crippen LogP contribution in [0, 0.1) is 12.3 Å². The molecule has 47 heavy (non-hydrogen) atoms. The Morgan fingerprint density at radius 1 is 1.00 bits per heavy atom. The van der Waals surface area contributed by atoms with Crippen molar-refractivity contribution in [1.29, 1.82) is 0 Å². The minimum absolute atomic E-state index is 0.192. The number of carbonyl (C=O) groups excluding carboxylic acids is 2. The summed E-state index contributed by atoms with van der Waals surface area (Å²) in [4.78, 5) is 37.5. The van der Waals surface area contributed by atoms with E-state index in [1.807, 2.05) is 0 Å². The number of methoxy groups -OCH3 is 1. The van der Waals surface area contributed by atoms with E-state index >= 15 is 4.39 Å². The second-order valence-corrected chi connectivity index (χ2v) is 16.9. The fraction of sp³-hybridized carbons (Fsp3) is 0.750. The largest absolute Gasteiger partial charge is 0.479 e. The number of aromatic nitrogens is 4. The Balaban J connectivity index is 1.89. The number of esters is 2. The highest BCUT2D eigenvalue weighted by Crippen LogP contribution is 2.51. The highest BCUT2D eigenvalue weighted by atomic mass is 31.2. The van der Waals surface area contributed by atoms with Gasteiger partial charge < -0.3 is 28.0 Å². The molecule has 1 fully saturated rings. The summed E-state index contributed by atoms with van der Waals surface area (Å²) in [6.45, 7) is 14.5. The van der Waals surface area contributed by atoms with Gasteiger partial charge in [-0.2, -0.15) is 4.98 Å². The second kappa shape index (κ2) is 15.4. The fourth-order valence-electron chi connectivity index (χ4n) is 4.85. The average Bonchev–Trinajstić information content (AvgIpc) is 3.47. The Morgan fingerprint density at radius 3 is 2.04 bits per heavy atom. The van der Waals surface area contributed by atoms with Crippen molar-refractivity contribution in [1.82, 2.24) is 29.7 Å². The third kappa shape index (κ3) is 9.78. The lowest BCUT2D eigenvalue weighted by molar-refractivity contribution is -0.149. The molecule has 3 rings (SSSR count). The zero-order valence-corrected chi connectivity index (χ0v) is 30.5. The first-order valence-corrected chi connectivity index (χ1v) is 19.3. The monoisotopic (exact) mass is 708 g/mol. The molecule has 1 aliphatic heterocycles. The van der Waals surface area contributed by atoms with Gasteiger partial charge in [0.25, 0.3) is 15.0 Å². The van der Waals surface area contributed by atoms with Crippen LogP contribution in [0.4, 0.5) is 4.39 Å². The molecule has 266 valence electrons. The summed E-state index contributed by atoms with van der Waals surface area (Å²) < 4.78 is 78.2. The molecule has 1 aliphatic rings. The van der Waals surface area contributed by atoms with Gasteiger partial charge in [-0.3, -0.25) is 23.3 Å². The van der Waals surface area contributed by atoms with Crippen molar-refractivity contribution in [2.24, 2.45) is 5.41 Å². The number of alkyl halides is 1. The molecule has 0 radical (unpaired) electrons. The molecule has 0 aromatic carbocycles. The van der Waals surface area contributed by atoms with Crippen LogP contribution in [-0.4, -0.2) is 102 Å². The van der Waals surface area contributed by atoms with E-state index in [-0.39, 0.29) is 29.3 Å². The van der Waals surface area contributed by atoms with Gasteiger partial charge in [-0.05, 0) is 48.5 Å². The normalized spacial score (nSPS) is 25.4. The number of imidazole rings is 1. The van der Waals surface area contributed by atoms with Crippen LogP contribution in [0.2, 0.25) is 0 Å². The molecule has 16 nitrogen and oxygen atoms in total. The molecule has 1 saturated heterocycles. The predicted octanol–water partition coefficient (Wildman–Crippen LogP) is 3.92. The number of carbonyl (C=O) groups is 2. The quantitative estimate of drug-likeness (QED) is 0.188. The van der Waals surface area contributed by atoms with Gasteiger partial charge in [0, 0.05) is 13.3 Å². The van der Waals surface area contributed by atoms with Gasteiger partial charge in [0.1, 0.15) is 17.9 Å². The molecule has 3 heterocycles. The van der Waals surface area contributed by atoms with Crippen LogP contribution >= 0.6 is 15.0 Å². The molecule has 8 atom stereocenters. The lowest BCUT2D eigenvalue weighted by Gasteiger charge is -2.33. The maximum absolute atomic E-state index is 16.7. The van der Waals surface area contributed by atoms with Gasteiger partial charge >= 0.3 is 11.9 Å². The SMILES string of the molecule is COc1nc(C)nc2c1ncn2[C@@H]1O[C@H](COP(C)(=O)N[C@@H](C)C(=O)OC(C)C)C(C)(COP(C)(=O)N[C@@H](C)C(=O)OC(C)C)[C@H]1F. The van der Waals surface area contributed by atoms with E-state index in [1.54, 1.807) is 34.6 Å². The molecular weight excluding hydrogens is 661 g/mol. The second-order valence-electron chi connectivity index (χ2n) is 12.5. The van der Waals surface area contributed by atoms with Crippen molar-refractivity contribution in [3.05, 3.63) is 12.2 Å². The van der Waals surface area contributed by atoms with Crippen LogP contribution in [-0.2, 0) is 42.0 Å². The van der Waals surface area contributed by atoms with Crippen LogP contribution in [0.15, 0.2) is 6.33 Å². The summed E-state index contributed by atoms with van der Waals surface area (Å²) in [5.41, 5.74) is -1.03. The summed E-state index contributed by atoms with van der Waals surface area (Å²) in [5, 5.41) is 5.28. The van der Waals surface area contributed by atoms with E-state index in [4.69, 9.17) is 28.0 Å². The van der Waals surface area contributed by atoms with E-state index in [1.165, 1.54) is 52.1 Å². The molecule has 0 spiro atoms. The number of nitrogens with one attached hydrogen (secondary N) is 2. The molecule has 0 amide bonds. The van der Waals surface area contributed by atoms with Crippen LogP contribution in [0.5, 0.6) is 5.88 Å². The summed E-state index contributed by atoms with van der Waals surface area (Å²) in [6, 6.07) is -1.95. The number of halogens is 1. The van der Waals surface area contributed by atoms with Gasteiger partial charge in [-0.25, -0.2) is 24.5 Å². The summed E-state index contributed by atoms with van der Waals surface area (Å²) in [6.07, 6.45) is -3.70. The number of nitrogens with zero attached hydrogens (tertiary/aromatic N) is 4. The van der Waals surface area contributed by atoms with Gasteiger partial charge in [0.2, 0.25) is 5.88 Å². The van der Waals surface area contributed by atoms with Crippen molar-refractivity contribution in [2.75, 3.05) is 33.7 Å². The topological polar surface area (TPSA) is 191 Å². The maximum atomic E-state index is 16.7. The minimum Gasteiger partial charge on any atom is -0.479 e. The first-order chi connectivity index (χ1) is 21.7. The Kier molecular flexibility index (Phi) is 12.7. The molecule has 3 unspecified atom stereocenters. The highest BCUT2D eigenvalue weighted by molar-refractivity contribution is 7.56. The van der Waals surface area contributed by atoms with E-state index in [0.29, 0.717) is 5.82 Å². The molecule has 2 aromatic rings. The first-order valence-electron chi connectivity index (χ1n) is 15.1. The molecule has 0 saturated carbocycles. The smallest absolute Gasteiger partial charge is 0.323 e. The Bertz CT molecular complexity index is 1530. The van der Waals surface area contributed by atoms with Crippen molar-refractivity contribution in [3.63, 3.8) is 0 Å². The molecule has 2 aromatic heterocycles. The van der Waals surface area contributed by atoms with Crippen molar-refractivity contribution in [2.45, 2.75) is 98.2 Å². The molecule has 0 bridgehead atoms. The summed E-state index contributed by atoms with van der Waals surface area (Å²) >= 11 is 0. The molecule has 2 N–H and O–H groups in total. The maximum Gasteiger partial charge on any atom is 0.323 e. The molecule has 19 heteroatoms. The molecule has 0 aliphatic carbocycles. The number of aryl methyl sites for hydroxylation is 1. The van der Waals surface area contributed by atoms with Gasteiger partial charge in [0.05, 0.1) is 50.4 Å². The first kappa shape index (κ1) is 38.9. The number of fused-ring (bicyclic) bond motifs is 1. The number of hydrogen-bond donors (Lipinski definition) is 2. The standard InChI is InChI=1S/C28H47FN6O10P2/c1-15(2)43-26(36)17(5)33-46(10,38)41-12-20-28(8,13-42-47(11,39)34-18(6)27(37)44-16(3)4)22(29)25(45-20)35-14-30-21-23(35)31-19(7)32-24(21)40-9/h14-18,20,22,25H,12-13H2,1-11H3,(H,33,38)(H,34,39)/t17-,18-,20+,22-,25+,28?,46?,47?/m0/s1. The zero-order chi connectivity index (χ0) is 35.5. The summed E-state index contributed by atoms with van der Waals surface area (Å²) in [5.74, 6) is -0.714. The van der Waals surface area contributed by atoms with Crippen molar-refractivity contribution < 1.29 is 51.1 Å². The lowest BCUT2D eigenvalue weighted by atomic mass is 9.82. The summed E-state index contributed by atoms with van der Waals surface area (Å²) in [7, 11) is -5.96. The van der Waals surface area contributed by atoms with Crippen LogP contribution < -0.4 is 14.9 Å². The van der Waals surface area contributed by atoms with Crippen molar-refractivity contribution in [3.8, 4) is 5.88 Å². The van der Waals surface area contributed by atoms with Crippen LogP contribution in [0.3, 0.4) is 0 Å². The number of hydrogen-bond acceptors (Lipinski definition) is 13. The lowest BCUT2D eigenvalue weighted by Crippen LogP contribution is -2.43.